The first-order valence-electron chi connectivity index (χ1n) is 6.67. The lowest BCUT2D eigenvalue weighted by atomic mass is 10.2. The number of hydrogen-bond acceptors (Lipinski definition) is 2. The van der Waals surface area contributed by atoms with Crippen LogP contribution >= 0.6 is 11.6 Å². The van der Waals surface area contributed by atoms with Gasteiger partial charge in [0.15, 0.2) is 0 Å². The summed E-state index contributed by atoms with van der Waals surface area (Å²) in [6, 6.07) is 13.5. The van der Waals surface area contributed by atoms with Gasteiger partial charge in [0.25, 0.3) is 0 Å². The van der Waals surface area contributed by atoms with Gasteiger partial charge in [0.05, 0.1) is 7.11 Å². The maximum absolute atomic E-state index is 6.04. The molecule has 0 saturated carbocycles. The predicted molar refractivity (Wildman–Crippen MR) is 85.3 cm³/mol. The smallest absolute Gasteiger partial charge is 0.120 e. The molecule has 0 aliphatic heterocycles. The summed E-state index contributed by atoms with van der Waals surface area (Å²) in [6.45, 7) is 0.519. The molecule has 3 nitrogen and oxygen atoms in total. The zero-order valence-corrected chi connectivity index (χ0v) is 12.7. The van der Waals surface area contributed by atoms with Gasteiger partial charge in [-0.1, -0.05) is 17.7 Å². The highest BCUT2D eigenvalue weighted by Gasteiger charge is 2.07. The second-order valence-corrected chi connectivity index (χ2v) is 5.33. The summed E-state index contributed by atoms with van der Waals surface area (Å²) in [5.74, 6) is 1.64. The van der Waals surface area contributed by atoms with Gasteiger partial charge in [-0.3, -0.25) is 0 Å². The minimum atomic E-state index is 0.519. The summed E-state index contributed by atoms with van der Waals surface area (Å²) in [7, 11) is 3.66. The molecule has 0 N–H and O–H groups in total. The lowest BCUT2D eigenvalue weighted by Gasteiger charge is -2.06. The van der Waals surface area contributed by atoms with Gasteiger partial charge < -0.3 is 14.0 Å². The number of nitrogens with zero attached hydrogens (tertiary/aromatic N) is 1. The number of ether oxygens (including phenoxy) is 2. The molecule has 0 unspecified atom stereocenters. The van der Waals surface area contributed by atoms with Crippen molar-refractivity contribution in [2.75, 3.05) is 7.11 Å². The highest BCUT2D eigenvalue weighted by Crippen LogP contribution is 2.25. The van der Waals surface area contributed by atoms with E-state index in [4.69, 9.17) is 21.1 Å². The average molecular weight is 302 g/mol. The molecule has 0 saturated heterocycles. The molecule has 4 heteroatoms. The average Bonchev–Trinajstić information content (AvgIpc) is 2.81. The predicted octanol–water partition coefficient (Wildman–Crippen LogP) is 4.42. The fourth-order valence-electron chi connectivity index (χ4n) is 2.39. The van der Waals surface area contributed by atoms with Crippen molar-refractivity contribution in [3.05, 3.63) is 59.2 Å². The zero-order chi connectivity index (χ0) is 14.8. The van der Waals surface area contributed by atoms with Crippen molar-refractivity contribution in [1.29, 1.82) is 0 Å². The first-order valence-corrected chi connectivity index (χ1v) is 7.05. The number of halogens is 1. The highest BCUT2D eigenvalue weighted by atomic mass is 35.5. The summed E-state index contributed by atoms with van der Waals surface area (Å²) in [5, 5.41) is 1.90. The van der Waals surface area contributed by atoms with Crippen LogP contribution in [0.1, 0.15) is 5.56 Å². The highest BCUT2D eigenvalue weighted by molar-refractivity contribution is 6.31. The van der Waals surface area contributed by atoms with Crippen LogP contribution in [-0.4, -0.2) is 11.7 Å². The summed E-state index contributed by atoms with van der Waals surface area (Å²) >= 11 is 6.04. The quantitative estimate of drug-likeness (QED) is 0.712. The Morgan fingerprint density at radius 2 is 1.76 bits per heavy atom. The number of aromatic nitrogens is 1. The van der Waals surface area contributed by atoms with E-state index >= 15 is 0 Å². The number of aryl methyl sites for hydroxylation is 1. The number of methoxy groups -OCH3 is 1. The van der Waals surface area contributed by atoms with Crippen LogP contribution in [0.4, 0.5) is 0 Å². The van der Waals surface area contributed by atoms with E-state index in [1.54, 1.807) is 7.11 Å². The van der Waals surface area contributed by atoms with E-state index in [1.165, 1.54) is 0 Å². The van der Waals surface area contributed by atoms with Crippen molar-refractivity contribution in [3.63, 3.8) is 0 Å². The van der Waals surface area contributed by atoms with Crippen molar-refractivity contribution >= 4 is 22.5 Å². The minimum absolute atomic E-state index is 0.519. The molecule has 0 bridgehead atoms. The van der Waals surface area contributed by atoms with Crippen LogP contribution in [0.3, 0.4) is 0 Å². The SMILES string of the molecule is COc1ccc(OCc2cn(C)c3cc(Cl)ccc23)cc1. The van der Waals surface area contributed by atoms with E-state index in [0.717, 1.165) is 33.0 Å². The third-order valence-electron chi connectivity index (χ3n) is 3.49. The van der Waals surface area contributed by atoms with Gasteiger partial charge in [-0.25, -0.2) is 0 Å². The van der Waals surface area contributed by atoms with Gasteiger partial charge in [0.2, 0.25) is 0 Å². The number of fused-ring (bicyclic) bond motifs is 1. The van der Waals surface area contributed by atoms with Crippen molar-refractivity contribution in [1.82, 2.24) is 4.57 Å². The van der Waals surface area contributed by atoms with Gasteiger partial charge in [-0.2, -0.15) is 0 Å². The summed E-state index contributed by atoms with van der Waals surface area (Å²) in [4.78, 5) is 0. The zero-order valence-electron chi connectivity index (χ0n) is 12.0. The standard InChI is InChI=1S/C17H16ClNO2/c1-19-10-12(16-8-3-13(18)9-17(16)19)11-21-15-6-4-14(20-2)5-7-15/h3-10H,11H2,1-2H3. The Morgan fingerprint density at radius 1 is 1.05 bits per heavy atom. The van der Waals surface area contributed by atoms with Crippen molar-refractivity contribution in [3.8, 4) is 11.5 Å². The van der Waals surface area contributed by atoms with Crippen molar-refractivity contribution < 1.29 is 9.47 Å². The summed E-state index contributed by atoms with van der Waals surface area (Å²) in [5.41, 5.74) is 2.25. The van der Waals surface area contributed by atoms with E-state index in [0.29, 0.717) is 6.61 Å². The van der Waals surface area contributed by atoms with Gasteiger partial charge >= 0.3 is 0 Å². The van der Waals surface area contributed by atoms with Crippen LogP contribution in [0.2, 0.25) is 5.02 Å². The van der Waals surface area contributed by atoms with Crippen LogP contribution in [-0.2, 0) is 13.7 Å². The molecule has 0 amide bonds. The molecule has 108 valence electrons. The lowest BCUT2D eigenvalue weighted by molar-refractivity contribution is 0.306. The summed E-state index contributed by atoms with van der Waals surface area (Å²) in [6.07, 6.45) is 2.07. The van der Waals surface area contributed by atoms with Crippen LogP contribution in [0.25, 0.3) is 10.9 Å². The lowest BCUT2D eigenvalue weighted by Crippen LogP contribution is -1.94. The van der Waals surface area contributed by atoms with Gasteiger partial charge in [0, 0.05) is 34.7 Å². The molecule has 0 aliphatic rings. The molecule has 3 aromatic rings. The molecule has 21 heavy (non-hydrogen) atoms. The third kappa shape index (κ3) is 2.83. The van der Waals surface area contributed by atoms with E-state index < -0.39 is 0 Å². The summed E-state index contributed by atoms with van der Waals surface area (Å²) < 4.78 is 13.0. The van der Waals surface area contributed by atoms with E-state index in [2.05, 4.69) is 10.8 Å². The molecule has 3 rings (SSSR count). The molecular formula is C17H16ClNO2. The van der Waals surface area contributed by atoms with E-state index in [1.807, 2.05) is 49.5 Å². The van der Waals surface area contributed by atoms with Gasteiger partial charge in [0.1, 0.15) is 18.1 Å². The Kier molecular flexibility index (Phi) is 3.76. The molecule has 1 heterocycles. The van der Waals surface area contributed by atoms with Crippen molar-refractivity contribution in [2.24, 2.45) is 7.05 Å². The van der Waals surface area contributed by atoms with Gasteiger partial charge in [-0.05, 0) is 36.4 Å². The Bertz CT molecular complexity index is 762. The molecule has 0 fully saturated rings. The maximum Gasteiger partial charge on any atom is 0.120 e. The van der Waals surface area contributed by atoms with Crippen LogP contribution in [0, 0.1) is 0 Å². The van der Waals surface area contributed by atoms with Crippen LogP contribution in [0.15, 0.2) is 48.7 Å². The van der Waals surface area contributed by atoms with Crippen LogP contribution < -0.4 is 9.47 Å². The first-order chi connectivity index (χ1) is 10.2. The van der Waals surface area contributed by atoms with Crippen molar-refractivity contribution in [2.45, 2.75) is 6.61 Å². The number of hydrogen-bond donors (Lipinski definition) is 0. The monoisotopic (exact) mass is 301 g/mol. The molecule has 0 aliphatic carbocycles. The minimum Gasteiger partial charge on any atom is -0.497 e. The Morgan fingerprint density at radius 3 is 2.48 bits per heavy atom. The Balaban J connectivity index is 1.81. The third-order valence-corrected chi connectivity index (χ3v) is 3.72. The molecule has 1 aromatic heterocycles. The second-order valence-electron chi connectivity index (χ2n) is 4.89. The fourth-order valence-corrected chi connectivity index (χ4v) is 2.56. The largest absolute Gasteiger partial charge is 0.497 e. The fraction of sp³-hybridized carbons (Fsp3) is 0.176. The molecule has 0 spiro atoms. The normalized spacial score (nSPS) is 10.8. The van der Waals surface area contributed by atoms with E-state index in [9.17, 15) is 0 Å². The first kappa shape index (κ1) is 13.8. The number of rotatable bonds is 4. The topological polar surface area (TPSA) is 23.4 Å². The van der Waals surface area contributed by atoms with E-state index in [-0.39, 0.29) is 0 Å². The molecule has 2 aromatic carbocycles. The second kappa shape index (κ2) is 5.70. The molecule has 0 radical (unpaired) electrons. The number of benzene rings is 2. The molecule has 0 atom stereocenters. The Hall–Kier alpha value is -2.13. The van der Waals surface area contributed by atoms with Crippen LogP contribution in [0.5, 0.6) is 11.5 Å². The molecular weight excluding hydrogens is 286 g/mol. The Labute approximate surface area is 128 Å². The van der Waals surface area contributed by atoms with Gasteiger partial charge in [-0.15, -0.1) is 0 Å². The maximum atomic E-state index is 6.04.